The van der Waals surface area contributed by atoms with Crippen molar-refractivity contribution in [1.82, 2.24) is 0 Å². The molecule has 14 heavy (non-hydrogen) atoms. The third-order valence-electron chi connectivity index (χ3n) is 1.42. The topological polar surface area (TPSA) is 58.2 Å². The van der Waals surface area contributed by atoms with Crippen LogP contribution < -0.4 is 4.57 Å². The summed E-state index contributed by atoms with van der Waals surface area (Å²) in [5.41, 5.74) is 1.32. The molecule has 4 nitrogen and oxygen atoms in total. The lowest BCUT2D eigenvalue weighted by atomic mass is 10.3. The highest BCUT2D eigenvalue weighted by molar-refractivity contribution is 7.85. The molecule has 0 aromatic carbocycles. The Bertz CT molecular complexity index is 348. The third-order valence-corrected chi connectivity index (χ3v) is 1.42. The third kappa shape index (κ3) is 9.15. The number of rotatable bonds is 1. The van der Waals surface area contributed by atoms with E-state index in [1.165, 1.54) is 5.56 Å². The van der Waals surface area contributed by atoms with Crippen LogP contribution in [0.2, 0.25) is 0 Å². The summed E-state index contributed by atoms with van der Waals surface area (Å²) in [7, 11) is -3.67. The van der Waals surface area contributed by atoms with Crippen molar-refractivity contribution in [3.63, 3.8) is 0 Å². The smallest absolute Gasteiger partial charge is 0.261 e. The molecule has 0 aliphatic heterocycles. The van der Waals surface area contributed by atoms with Gasteiger partial charge in [-0.1, -0.05) is 0 Å². The van der Waals surface area contributed by atoms with Gasteiger partial charge in [0.05, 0.1) is 6.26 Å². The molecule has 1 N–H and O–H groups in total. The van der Waals surface area contributed by atoms with Crippen molar-refractivity contribution in [3.05, 3.63) is 30.1 Å². The lowest BCUT2D eigenvalue weighted by molar-refractivity contribution is -0.693. The summed E-state index contributed by atoms with van der Waals surface area (Å²) in [5, 5.41) is 0. The first-order chi connectivity index (χ1) is 6.33. The van der Waals surface area contributed by atoms with Crippen molar-refractivity contribution in [2.75, 3.05) is 6.26 Å². The number of aromatic nitrogens is 1. The van der Waals surface area contributed by atoms with Crippen LogP contribution in [0.15, 0.2) is 24.5 Å². The second-order valence-electron chi connectivity index (χ2n) is 2.94. The van der Waals surface area contributed by atoms with Gasteiger partial charge in [-0.25, -0.2) is 4.57 Å². The van der Waals surface area contributed by atoms with E-state index in [9.17, 15) is 8.42 Å². The van der Waals surface area contributed by atoms with Gasteiger partial charge in [0.2, 0.25) is 0 Å². The number of pyridine rings is 1. The van der Waals surface area contributed by atoms with Gasteiger partial charge in [-0.05, 0) is 19.4 Å². The second kappa shape index (κ2) is 5.72. The highest BCUT2D eigenvalue weighted by Crippen LogP contribution is 1.88. The molecular weight excluding hydrogens is 202 g/mol. The van der Waals surface area contributed by atoms with Gasteiger partial charge in [0.15, 0.2) is 12.4 Å². The van der Waals surface area contributed by atoms with Crippen LogP contribution >= 0.6 is 0 Å². The van der Waals surface area contributed by atoms with E-state index in [0.717, 1.165) is 6.54 Å². The summed E-state index contributed by atoms with van der Waals surface area (Å²) in [6.45, 7) is 5.29. The molecule has 0 spiro atoms. The summed E-state index contributed by atoms with van der Waals surface area (Å²) in [6.07, 6.45) is 4.90. The van der Waals surface area contributed by atoms with E-state index in [2.05, 4.69) is 42.9 Å². The Kier molecular flexibility index (Phi) is 5.34. The minimum Gasteiger partial charge on any atom is -0.286 e. The maximum absolute atomic E-state index is 9.19. The van der Waals surface area contributed by atoms with E-state index < -0.39 is 10.1 Å². The van der Waals surface area contributed by atoms with Gasteiger partial charge >= 0.3 is 0 Å². The summed E-state index contributed by atoms with van der Waals surface area (Å²) in [4.78, 5) is 0. The number of hydrogen-bond donors (Lipinski definition) is 1. The van der Waals surface area contributed by atoms with E-state index in [4.69, 9.17) is 4.55 Å². The maximum Gasteiger partial charge on any atom is 0.261 e. The first-order valence-corrected chi connectivity index (χ1v) is 6.06. The lowest BCUT2D eigenvalue weighted by Crippen LogP contribution is -2.30. The predicted octanol–water partition coefficient (Wildman–Crippen LogP) is 0.806. The Labute approximate surface area is 85.0 Å². The quantitative estimate of drug-likeness (QED) is 0.560. The molecule has 0 saturated carbocycles. The highest BCUT2D eigenvalue weighted by Gasteiger charge is 1.90. The van der Waals surface area contributed by atoms with Crippen LogP contribution in [-0.2, 0) is 16.7 Å². The van der Waals surface area contributed by atoms with Crippen LogP contribution in [0, 0.1) is 6.92 Å². The second-order valence-corrected chi connectivity index (χ2v) is 4.41. The molecule has 1 rings (SSSR count). The summed E-state index contributed by atoms with van der Waals surface area (Å²) < 4.78 is 28.0. The zero-order valence-corrected chi connectivity index (χ0v) is 9.45. The van der Waals surface area contributed by atoms with Crippen molar-refractivity contribution < 1.29 is 17.5 Å². The van der Waals surface area contributed by atoms with E-state index in [1.807, 2.05) is 0 Å². The summed E-state index contributed by atoms with van der Waals surface area (Å²) in [5.74, 6) is 0. The first-order valence-electron chi connectivity index (χ1n) is 4.21. The molecular formula is C9H16NO3S+. The van der Waals surface area contributed by atoms with Gasteiger partial charge in [-0.3, -0.25) is 4.55 Å². The van der Waals surface area contributed by atoms with Crippen molar-refractivity contribution in [2.45, 2.75) is 20.4 Å². The van der Waals surface area contributed by atoms with Crippen molar-refractivity contribution >= 4 is 10.1 Å². The molecule has 0 atom stereocenters. The summed E-state index contributed by atoms with van der Waals surface area (Å²) in [6, 6.07) is 4.23. The number of nitrogens with zero attached hydrogens (tertiary/aromatic N) is 1. The van der Waals surface area contributed by atoms with Gasteiger partial charge < -0.3 is 0 Å². The predicted molar refractivity (Wildman–Crippen MR) is 54.5 cm³/mol. The van der Waals surface area contributed by atoms with Gasteiger partial charge in [0.1, 0.15) is 6.54 Å². The molecule has 0 fully saturated rings. The molecule has 0 radical (unpaired) electrons. The van der Waals surface area contributed by atoms with E-state index >= 15 is 0 Å². The fraction of sp³-hybridized carbons (Fsp3) is 0.444. The SMILES string of the molecule is CC[n+]1ccc(C)cc1.CS(=O)(=O)O. The molecule has 0 aliphatic rings. The fourth-order valence-corrected chi connectivity index (χ4v) is 0.743. The van der Waals surface area contributed by atoms with Crippen LogP contribution in [0.5, 0.6) is 0 Å². The van der Waals surface area contributed by atoms with Gasteiger partial charge in [0, 0.05) is 12.1 Å². The molecule has 0 saturated heterocycles. The van der Waals surface area contributed by atoms with Gasteiger partial charge in [-0.15, -0.1) is 0 Å². The Balaban J connectivity index is 0.000000292. The lowest BCUT2D eigenvalue weighted by Gasteiger charge is -1.89. The molecule has 0 aliphatic carbocycles. The molecule has 5 heteroatoms. The highest BCUT2D eigenvalue weighted by atomic mass is 32.2. The van der Waals surface area contributed by atoms with Crippen LogP contribution in [0.4, 0.5) is 0 Å². The van der Waals surface area contributed by atoms with E-state index in [1.54, 1.807) is 0 Å². The Morgan fingerprint density at radius 2 is 1.71 bits per heavy atom. The minimum absolute atomic E-state index is 0.715. The van der Waals surface area contributed by atoms with Crippen LogP contribution in [-0.4, -0.2) is 19.2 Å². The largest absolute Gasteiger partial charge is 0.286 e. The molecule has 0 unspecified atom stereocenters. The monoisotopic (exact) mass is 218 g/mol. The van der Waals surface area contributed by atoms with Gasteiger partial charge in [-0.2, -0.15) is 8.42 Å². The normalized spacial score (nSPS) is 10.3. The van der Waals surface area contributed by atoms with Crippen molar-refractivity contribution in [3.8, 4) is 0 Å². The van der Waals surface area contributed by atoms with E-state index in [0.29, 0.717) is 6.26 Å². The number of aryl methyl sites for hydroxylation is 2. The zero-order chi connectivity index (χ0) is 11.2. The maximum atomic E-state index is 9.19. The van der Waals surface area contributed by atoms with Crippen molar-refractivity contribution in [1.29, 1.82) is 0 Å². The molecule has 0 amide bonds. The Morgan fingerprint density at radius 3 is 2.00 bits per heavy atom. The average Bonchev–Trinajstić information content (AvgIpc) is 2.03. The van der Waals surface area contributed by atoms with Crippen LogP contribution in [0.25, 0.3) is 0 Å². The molecule has 80 valence electrons. The first kappa shape index (κ1) is 13.1. The molecule has 1 aromatic rings. The molecule has 0 bridgehead atoms. The minimum atomic E-state index is -3.67. The van der Waals surface area contributed by atoms with E-state index in [-0.39, 0.29) is 0 Å². The Hall–Kier alpha value is -0.940. The number of hydrogen-bond acceptors (Lipinski definition) is 2. The standard InChI is InChI=1S/C8H12N.CH4O3S/c1-3-9-6-4-8(2)5-7-9;1-5(2,3)4/h4-7H,3H2,1-2H3;1H3,(H,2,3,4)/q+1;. The summed E-state index contributed by atoms with van der Waals surface area (Å²) >= 11 is 0. The average molecular weight is 218 g/mol. The van der Waals surface area contributed by atoms with Crippen LogP contribution in [0.3, 0.4) is 0 Å². The van der Waals surface area contributed by atoms with Gasteiger partial charge in [0.25, 0.3) is 10.1 Å². The van der Waals surface area contributed by atoms with Crippen molar-refractivity contribution in [2.24, 2.45) is 0 Å². The fourth-order valence-electron chi connectivity index (χ4n) is 0.743. The Morgan fingerprint density at radius 1 is 1.36 bits per heavy atom. The molecule has 1 aromatic heterocycles. The van der Waals surface area contributed by atoms with Crippen LogP contribution in [0.1, 0.15) is 12.5 Å². The zero-order valence-electron chi connectivity index (χ0n) is 8.64. The molecule has 1 heterocycles.